The van der Waals surface area contributed by atoms with Gasteiger partial charge in [-0.2, -0.15) is 0 Å². The highest BCUT2D eigenvalue weighted by Gasteiger charge is 2.30. The standard InChI is InChI=1S/C18H22N2/c1-14(15-6-3-2-4-7-15)20-13-5-8-18(20)16-9-11-17(19)12-10-16/h2-4,6-7,9-12,14,18H,5,8,13,19H2,1H3. The SMILES string of the molecule is CC(c1ccccc1)N1CCCC1c1ccc(N)cc1. The summed E-state index contributed by atoms with van der Waals surface area (Å²) < 4.78 is 0. The van der Waals surface area contributed by atoms with E-state index in [1.165, 1.54) is 30.5 Å². The van der Waals surface area contributed by atoms with E-state index in [-0.39, 0.29) is 0 Å². The molecule has 0 saturated carbocycles. The van der Waals surface area contributed by atoms with Gasteiger partial charge in [0.05, 0.1) is 0 Å². The van der Waals surface area contributed by atoms with Crippen LogP contribution in [-0.4, -0.2) is 11.4 Å². The molecule has 1 aliphatic heterocycles. The maximum atomic E-state index is 5.80. The molecular weight excluding hydrogens is 244 g/mol. The summed E-state index contributed by atoms with van der Waals surface area (Å²) in [5.41, 5.74) is 9.43. The van der Waals surface area contributed by atoms with Crippen LogP contribution in [-0.2, 0) is 0 Å². The summed E-state index contributed by atoms with van der Waals surface area (Å²) in [6.07, 6.45) is 2.51. The quantitative estimate of drug-likeness (QED) is 0.845. The van der Waals surface area contributed by atoms with Crippen LogP contribution in [0, 0.1) is 0 Å². The summed E-state index contributed by atoms with van der Waals surface area (Å²) in [4.78, 5) is 2.61. The average Bonchev–Trinajstić information content (AvgIpc) is 2.97. The lowest BCUT2D eigenvalue weighted by atomic mass is 10.0. The predicted octanol–water partition coefficient (Wildman–Crippen LogP) is 4.17. The second-order valence-electron chi connectivity index (χ2n) is 5.65. The van der Waals surface area contributed by atoms with Crippen LogP contribution in [0.3, 0.4) is 0 Å². The van der Waals surface area contributed by atoms with E-state index in [1.807, 2.05) is 12.1 Å². The fourth-order valence-corrected chi connectivity index (χ4v) is 3.25. The maximum Gasteiger partial charge on any atom is 0.0354 e. The Morgan fingerprint density at radius 2 is 1.75 bits per heavy atom. The molecule has 0 aliphatic carbocycles. The van der Waals surface area contributed by atoms with E-state index in [4.69, 9.17) is 5.73 Å². The number of anilines is 1. The van der Waals surface area contributed by atoms with Crippen molar-refractivity contribution in [3.63, 3.8) is 0 Å². The lowest BCUT2D eigenvalue weighted by Crippen LogP contribution is -2.26. The Morgan fingerprint density at radius 1 is 1.05 bits per heavy atom. The maximum absolute atomic E-state index is 5.80. The van der Waals surface area contributed by atoms with Gasteiger partial charge < -0.3 is 5.73 Å². The van der Waals surface area contributed by atoms with Crippen molar-refractivity contribution < 1.29 is 0 Å². The van der Waals surface area contributed by atoms with E-state index in [2.05, 4.69) is 54.3 Å². The summed E-state index contributed by atoms with van der Waals surface area (Å²) in [5.74, 6) is 0. The first-order valence-corrected chi connectivity index (χ1v) is 7.42. The van der Waals surface area contributed by atoms with E-state index >= 15 is 0 Å². The van der Waals surface area contributed by atoms with Crippen molar-refractivity contribution in [2.45, 2.75) is 31.8 Å². The van der Waals surface area contributed by atoms with Gasteiger partial charge in [0.1, 0.15) is 0 Å². The van der Waals surface area contributed by atoms with E-state index in [1.54, 1.807) is 0 Å². The van der Waals surface area contributed by atoms with Crippen LogP contribution in [0.1, 0.15) is 43.0 Å². The molecule has 3 rings (SSSR count). The van der Waals surface area contributed by atoms with Crippen molar-refractivity contribution in [3.05, 3.63) is 65.7 Å². The minimum Gasteiger partial charge on any atom is -0.399 e. The highest BCUT2D eigenvalue weighted by molar-refractivity contribution is 5.40. The van der Waals surface area contributed by atoms with Gasteiger partial charge in [0.25, 0.3) is 0 Å². The smallest absolute Gasteiger partial charge is 0.0354 e. The predicted molar refractivity (Wildman–Crippen MR) is 84.4 cm³/mol. The highest BCUT2D eigenvalue weighted by atomic mass is 15.2. The van der Waals surface area contributed by atoms with Gasteiger partial charge in [-0.25, -0.2) is 0 Å². The molecule has 20 heavy (non-hydrogen) atoms. The molecule has 0 spiro atoms. The molecule has 0 bridgehead atoms. The summed E-state index contributed by atoms with van der Waals surface area (Å²) in [5, 5.41) is 0. The van der Waals surface area contributed by atoms with Gasteiger partial charge in [-0.3, -0.25) is 4.90 Å². The van der Waals surface area contributed by atoms with E-state index in [0.29, 0.717) is 12.1 Å². The van der Waals surface area contributed by atoms with E-state index < -0.39 is 0 Å². The second-order valence-corrected chi connectivity index (χ2v) is 5.65. The number of rotatable bonds is 3. The number of nitrogens with two attached hydrogens (primary N) is 1. The molecule has 104 valence electrons. The Hall–Kier alpha value is -1.80. The molecule has 1 aliphatic rings. The zero-order chi connectivity index (χ0) is 13.9. The Balaban J connectivity index is 1.83. The third-order valence-corrected chi connectivity index (χ3v) is 4.39. The first kappa shape index (κ1) is 13.2. The fourth-order valence-electron chi connectivity index (χ4n) is 3.25. The van der Waals surface area contributed by atoms with Crippen LogP contribution in [0.5, 0.6) is 0 Å². The van der Waals surface area contributed by atoms with Crippen LogP contribution in [0.15, 0.2) is 54.6 Å². The van der Waals surface area contributed by atoms with Crippen LogP contribution < -0.4 is 5.73 Å². The lowest BCUT2D eigenvalue weighted by Gasteiger charge is -2.31. The average molecular weight is 266 g/mol. The fraction of sp³-hybridized carbons (Fsp3) is 0.333. The summed E-state index contributed by atoms with van der Waals surface area (Å²) in [7, 11) is 0. The molecule has 1 saturated heterocycles. The van der Waals surface area contributed by atoms with Gasteiger partial charge in [0, 0.05) is 17.8 Å². The third-order valence-electron chi connectivity index (χ3n) is 4.39. The highest BCUT2D eigenvalue weighted by Crippen LogP contribution is 2.38. The Labute approximate surface area is 121 Å². The van der Waals surface area contributed by atoms with E-state index in [9.17, 15) is 0 Å². The van der Waals surface area contributed by atoms with Crippen LogP contribution >= 0.6 is 0 Å². The molecule has 2 atom stereocenters. The normalized spacial score (nSPS) is 20.9. The van der Waals surface area contributed by atoms with Gasteiger partial charge in [0.2, 0.25) is 0 Å². The molecule has 0 aromatic heterocycles. The molecular formula is C18H22N2. The van der Waals surface area contributed by atoms with Crippen molar-refractivity contribution in [2.24, 2.45) is 0 Å². The zero-order valence-electron chi connectivity index (χ0n) is 12.0. The van der Waals surface area contributed by atoms with Gasteiger partial charge >= 0.3 is 0 Å². The molecule has 2 aromatic carbocycles. The Bertz CT molecular complexity index is 547. The second kappa shape index (κ2) is 5.68. The van der Waals surface area contributed by atoms with Crippen LogP contribution in [0.2, 0.25) is 0 Å². The molecule has 1 fully saturated rings. The molecule has 2 heteroatoms. The minimum atomic E-state index is 0.459. The summed E-state index contributed by atoms with van der Waals surface area (Å²) >= 11 is 0. The molecule has 2 unspecified atom stereocenters. The number of nitrogens with zero attached hydrogens (tertiary/aromatic N) is 1. The number of hydrogen-bond acceptors (Lipinski definition) is 2. The molecule has 2 N–H and O–H groups in total. The molecule has 2 nitrogen and oxygen atoms in total. The third kappa shape index (κ3) is 2.56. The number of benzene rings is 2. The Morgan fingerprint density at radius 3 is 2.45 bits per heavy atom. The summed E-state index contributed by atoms with van der Waals surface area (Å²) in [6, 6.07) is 20.1. The largest absolute Gasteiger partial charge is 0.399 e. The lowest BCUT2D eigenvalue weighted by molar-refractivity contribution is 0.194. The van der Waals surface area contributed by atoms with Gasteiger partial charge in [-0.1, -0.05) is 42.5 Å². The van der Waals surface area contributed by atoms with Crippen molar-refractivity contribution in [1.29, 1.82) is 0 Å². The van der Waals surface area contributed by atoms with Gasteiger partial charge in [0.15, 0.2) is 0 Å². The van der Waals surface area contributed by atoms with Crippen molar-refractivity contribution in [2.75, 3.05) is 12.3 Å². The molecule has 1 heterocycles. The monoisotopic (exact) mass is 266 g/mol. The van der Waals surface area contributed by atoms with Crippen molar-refractivity contribution in [3.8, 4) is 0 Å². The number of likely N-dealkylation sites (tertiary alicyclic amines) is 1. The van der Waals surface area contributed by atoms with Crippen molar-refractivity contribution >= 4 is 5.69 Å². The first-order valence-electron chi connectivity index (χ1n) is 7.42. The number of hydrogen-bond donors (Lipinski definition) is 1. The molecule has 2 aromatic rings. The first-order chi connectivity index (χ1) is 9.75. The van der Waals surface area contributed by atoms with Crippen LogP contribution in [0.25, 0.3) is 0 Å². The van der Waals surface area contributed by atoms with Gasteiger partial charge in [-0.15, -0.1) is 0 Å². The van der Waals surface area contributed by atoms with Gasteiger partial charge in [-0.05, 0) is 49.6 Å². The zero-order valence-corrected chi connectivity index (χ0v) is 12.0. The van der Waals surface area contributed by atoms with Crippen molar-refractivity contribution in [1.82, 2.24) is 4.90 Å². The summed E-state index contributed by atoms with van der Waals surface area (Å²) in [6.45, 7) is 3.48. The number of nitrogen functional groups attached to an aromatic ring is 1. The van der Waals surface area contributed by atoms with Crippen LogP contribution in [0.4, 0.5) is 5.69 Å². The molecule has 0 radical (unpaired) electrons. The molecule has 0 amide bonds. The Kier molecular flexibility index (Phi) is 3.75. The topological polar surface area (TPSA) is 29.3 Å². The van der Waals surface area contributed by atoms with E-state index in [0.717, 1.165) is 5.69 Å². The minimum absolute atomic E-state index is 0.459.